The lowest BCUT2D eigenvalue weighted by Crippen LogP contribution is -2.39. The molecule has 1 aromatic carbocycles. The number of nitrogens with one attached hydrogen (secondary N) is 1. The molecule has 1 aliphatic heterocycles. The Morgan fingerprint density at radius 2 is 2.20 bits per heavy atom. The molecule has 4 nitrogen and oxygen atoms in total. The molecule has 1 heterocycles. The fourth-order valence-corrected chi connectivity index (χ4v) is 2.69. The molecule has 0 bridgehead atoms. The van der Waals surface area contributed by atoms with E-state index in [0.29, 0.717) is 19.8 Å². The van der Waals surface area contributed by atoms with E-state index in [2.05, 4.69) is 11.4 Å². The molecule has 110 valence electrons. The average Bonchev–Trinajstić information content (AvgIpc) is 2.50. The number of nitrogens with zero attached hydrogens (tertiary/aromatic N) is 1. The van der Waals surface area contributed by atoms with E-state index in [1.807, 2.05) is 36.9 Å². The van der Waals surface area contributed by atoms with Crippen molar-refractivity contribution in [1.82, 2.24) is 4.90 Å². The lowest BCUT2D eigenvalue weighted by molar-refractivity contribution is -0.133. The highest BCUT2D eigenvalue weighted by Crippen LogP contribution is 2.32. The summed E-state index contributed by atoms with van der Waals surface area (Å²) in [5, 5.41) is 3.36. The zero-order chi connectivity index (χ0) is 14.4. The van der Waals surface area contributed by atoms with Crippen molar-refractivity contribution in [3.8, 4) is 0 Å². The average molecular weight is 276 g/mol. The Morgan fingerprint density at radius 3 is 2.95 bits per heavy atom. The number of para-hydroxylation sites is 1. The minimum atomic E-state index is -0.0194. The molecule has 1 aromatic rings. The number of carbonyl (C=O) groups excluding carboxylic acids is 1. The van der Waals surface area contributed by atoms with E-state index in [9.17, 15) is 4.79 Å². The Bertz CT molecular complexity index is 448. The second-order valence-electron chi connectivity index (χ2n) is 4.97. The van der Waals surface area contributed by atoms with Crippen LogP contribution in [-0.4, -0.2) is 43.7 Å². The third-order valence-electron chi connectivity index (χ3n) is 3.79. The number of carbonyl (C=O) groups is 1. The summed E-state index contributed by atoms with van der Waals surface area (Å²) in [6, 6.07) is 8.11. The number of hydrogen-bond donors (Lipinski definition) is 1. The van der Waals surface area contributed by atoms with E-state index in [4.69, 9.17) is 4.74 Å². The topological polar surface area (TPSA) is 41.6 Å². The third-order valence-corrected chi connectivity index (χ3v) is 3.79. The van der Waals surface area contributed by atoms with E-state index < -0.39 is 0 Å². The molecule has 20 heavy (non-hydrogen) atoms. The lowest BCUT2D eigenvalue weighted by Gasteiger charge is -2.30. The van der Waals surface area contributed by atoms with Gasteiger partial charge in [0.05, 0.1) is 12.5 Å². The monoisotopic (exact) mass is 276 g/mol. The van der Waals surface area contributed by atoms with Crippen LogP contribution in [0, 0.1) is 0 Å². The number of rotatable bonds is 6. The first-order valence-electron chi connectivity index (χ1n) is 7.47. The van der Waals surface area contributed by atoms with E-state index in [-0.39, 0.29) is 11.8 Å². The summed E-state index contributed by atoms with van der Waals surface area (Å²) in [5.74, 6) is 0.204. The summed E-state index contributed by atoms with van der Waals surface area (Å²) >= 11 is 0. The number of fused-ring (bicyclic) bond motifs is 1. The number of anilines is 1. The molecule has 0 radical (unpaired) electrons. The van der Waals surface area contributed by atoms with Crippen LogP contribution in [0.25, 0.3) is 0 Å². The van der Waals surface area contributed by atoms with E-state index in [1.54, 1.807) is 0 Å². The molecule has 0 saturated carbocycles. The molecule has 0 saturated heterocycles. The molecule has 0 fully saturated rings. The maximum atomic E-state index is 12.7. The molecule has 1 unspecified atom stereocenters. The minimum Gasteiger partial charge on any atom is -0.385 e. The van der Waals surface area contributed by atoms with Crippen molar-refractivity contribution in [3.05, 3.63) is 29.8 Å². The van der Waals surface area contributed by atoms with Gasteiger partial charge in [-0.3, -0.25) is 4.79 Å². The number of likely N-dealkylation sites (N-methyl/N-ethyl adjacent to an activating group) is 1. The Kier molecular flexibility index (Phi) is 5.41. The van der Waals surface area contributed by atoms with E-state index in [0.717, 1.165) is 30.8 Å². The van der Waals surface area contributed by atoms with E-state index in [1.165, 1.54) is 0 Å². The molecular formula is C16H24N2O2. The van der Waals surface area contributed by atoms with Gasteiger partial charge in [-0.15, -0.1) is 0 Å². The quantitative estimate of drug-likeness (QED) is 0.812. The van der Waals surface area contributed by atoms with Crippen LogP contribution in [0.3, 0.4) is 0 Å². The van der Waals surface area contributed by atoms with Gasteiger partial charge in [0.1, 0.15) is 0 Å². The maximum absolute atomic E-state index is 12.7. The number of hydrogen-bond acceptors (Lipinski definition) is 3. The summed E-state index contributed by atoms with van der Waals surface area (Å²) in [6.07, 6.45) is 0.862. The molecule has 1 aliphatic rings. The van der Waals surface area contributed by atoms with Crippen LogP contribution in [0.5, 0.6) is 0 Å². The zero-order valence-corrected chi connectivity index (χ0v) is 12.4. The molecule has 4 heteroatoms. The summed E-state index contributed by atoms with van der Waals surface area (Å²) in [6.45, 7) is 7.58. The molecular weight excluding hydrogens is 252 g/mol. The SMILES string of the molecule is CCOCCN(CC)C(=O)C1CCNc2ccccc21. The second kappa shape index (κ2) is 7.29. The first kappa shape index (κ1) is 14.9. The lowest BCUT2D eigenvalue weighted by atomic mass is 9.90. The molecule has 2 rings (SSSR count). The molecule has 1 amide bonds. The highest BCUT2D eigenvalue weighted by Gasteiger charge is 2.29. The van der Waals surface area contributed by atoms with Crippen molar-refractivity contribution >= 4 is 11.6 Å². The van der Waals surface area contributed by atoms with Crippen LogP contribution < -0.4 is 5.32 Å². The van der Waals surface area contributed by atoms with Crippen LogP contribution in [0.1, 0.15) is 31.7 Å². The van der Waals surface area contributed by atoms with Gasteiger partial charge < -0.3 is 15.0 Å². The predicted octanol–water partition coefficient (Wildman–Crippen LogP) is 2.47. The van der Waals surface area contributed by atoms with Gasteiger partial charge in [-0.05, 0) is 31.9 Å². The van der Waals surface area contributed by atoms with Gasteiger partial charge in [0.15, 0.2) is 0 Å². The predicted molar refractivity (Wildman–Crippen MR) is 81.0 cm³/mol. The molecule has 1 atom stereocenters. The van der Waals surface area contributed by atoms with Crippen molar-refractivity contribution in [2.24, 2.45) is 0 Å². The molecule has 0 spiro atoms. The minimum absolute atomic E-state index is 0.0194. The van der Waals surface area contributed by atoms with Crippen molar-refractivity contribution in [2.45, 2.75) is 26.2 Å². The number of benzene rings is 1. The van der Waals surface area contributed by atoms with Crippen molar-refractivity contribution in [3.63, 3.8) is 0 Å². The molecule has 1 N–H and O–H groups in total. The fourth-order valence-electron chi connectivity index (χ4n) is 2.69. The second-order valence-corrected chi connectivity index (χ2v) is 4.97. The first-order valence-corrected chi connectivity index (χ1v) is 7.47. The van der Waals surface area contributed by atoms with Crippen molar-refractivity contribution < 1.29 is 9.53 Å². The van der Waals surface area contributed by atoms with Crippen LogP contribution in [0.2, 0.25) is 0 Å². The Labute approximate surface area is 121 Å². The highest BCUT2D eigenvalue weighted by atomic mass is 16.5. The fraction of sp³-hybridized carbons (Fsp3) is 0.562. The van der Waals surface area contributed by atoms with Crippen LogP contribution in [-0.2, 0) is 9.53 Å². The summed E-state index contributed by atoms with van der Waals surface area (Å²) in [7, 11) is 0. The number of ether oxygens (including phenoxy) is 1. The van der Waals surface area contributed by atoms with Gasteiger partial charge in [0.2, 0.25) is 5.91 Å². The van der Waals surface area contributed by atoms with E-state index >= 15 is 0 Å². The zero-order valence-electron chi connectivity index (χ0n) is 12.4. The van der Waals surface area contributed by atoms with Gasteiger partial charge >= 0.3 is 0 Å². The Balaban J connectivity index is 2.08. The normalized spacial score (nSPS) is 17.2. The third kappa shape index (κ3) is 3.31. The van der Waals surface area contributed by atoms with Crippen LogP contribution >= 0.6 is 0 Å². The smallest absolute Gasteiger partial charge is 0.230 e. The highest BCUT2D eigenvalue weighted by molar-refractivity contribution is 5.86. The van der Waals surface area contributed by atoms with Gasteiger partial charge in [-0.2, -0.15) is 0 Å². The maximum Gasteiger partial charge on any atom is 0.230 e. The van der Waals surface area contributed by atoms with Gasteiger partial charge in [0, 0.05) is 31.9 Å². The van der Waals surface area contributed by atoms with Crippen LogP contribution in [0.15, 0.2) is 24.3 Å². The Morgan fingerprint density at radius 1 is 1.40 bits per heavy atom. The molecule has 0 aromatic heterocycles. The summed E-state index contributed by atoms with van der Waals surface area (Å²) in [5.41, 5.74) is 2.22. The van der Waals surface area contributed by atoms with Gasteiger partial charge in [-0.1, -0.05) is 18.2 Å². The van der Waals surface area contributed by atoms with Gasteiger partial charge in [0.25, 0.3) is 0 Å². The standard InChI is InChI=1S/C16H24N2O2/c1-3-18(11-12-20-4-2)16(19)14-9-10-17-15-8-6-5-7-13(14)15/h5-8,14,17H,3-4,9-12H2,1-2H3. The van der Waals surface area contributed by atoms with Crippen molar-refractivity contribution in [1.29, 1.82) is 0 Å². The Hall–Kier alpha value is -1.55. The van der Waals surface area contributed by atoms with Gasteiger partial charge in [-0.25, -0.2) is 0 Å². The summed E-state index contributed by atoms with van der Waals surface area (Å²) in [4.78, 5) is 14.6. The first-order chi connectivity index (χ1) is 9.77. The molecule has 0 aliphatic carbocycles. The number of amides is 1. The van der Waals surface area contributed by atoms with Crippen LogP contribution in [0.4, 0.5) is 5.69 Å². The van der Waals surface area contributed by atoms with Crippen molar-refractivity contribution in [2.75, 3.05) is 38.2 Å². The largest absolute Gasteiger partial charge is 0.385 e. The summed E-state index contributed by atoms with van der Waals surface area (Å²) < 4.78 is 5.37.